The fourth-order valence-corrected chi connectivity index (χ4v) is 3.10. The lowest BCUT2D eigenvalue weighted by Gasteiger charge is -2.35. The van der Waals surface area contributed by atoms with E-state index in [1.54, 1.807) is 0 Å². The molecule has 0 spiro atoms. The van der Waals surface area contributed by atoms with Crippen molar-refractivity contribution in [1.82, 2.24) is 10.2 Å². The summed E-state index contributed by atoms with van der Waals surface area (Å²) in [6, 6.07) is 8.45. The Hall–Kier alpha value is -1.35. The molecule has 2 heterocycles. The Morgan fingerprint density at radius 2 is 2.11 bits per heavy atom. The van der Waals surface area contributed by atoms with Crippen LogP contribution < -0.4 is 5.32 Å². The second-order valence-corrected chi connectivity index (χ2v) is 5.61. The third-order valence-corrected chi connectivity index (χ3v) is 4.26. The maximum absolute atomic E-state index is 12.6. The number of rotatable bonds is 1. The number of carbonyl (C=O) groups excluding carboxylic acids is 1. The van der Waals surface area contributed by atoms with Crippen LogP contribution in [-0.4, -0.2) is 29.4 Å². The van der Waals surface area contributed by atoms with Crippen molar-refractivity contribution >= 4 is 5.91 Å². The minimum atomic E-state index is -0.327. The van der Waals surface area contributed by atoms with Crippen molar-refractivity contribution < 1.29 is 4.79 Å². The molecule has 0 radical (unpaired) electrons. The largest absolute Gasteiger partial charge is 0.336 e. The Bertz CT molecular complexity index is 463. The lowest BCUT2D eigenvalue weighted by Crippen LogP contribution is -2.53. The number of hydrogen-bond acceptors (Lipinski definition) is 2. The quantitative estimate of drug-likeness (QED) is 0.815. The minimum absolute atomic E-state index is 0.273. The van der Waals surface area contributed by atoms with Gasteiger partial charge in [-0.25, -0.2) is 0 Å². The zero-order chi connectivity index (χ0) is 12.6. The van der Waals surface area contributed by atoms with Crippen molar-refractivity contribution in [3.63, 3.8) is 0 Å². The van der Waals surface area contributed by atoms with Crippen LogP contribution in [0.5, 0.6) is 0 Å². The Labute approximate surface area is 108 Å². The Balaban J connectivity index is 1.78. The van der Waals surface area contributed by atoms with E-state index >= 15 is 0 Å². The van der Waals surface area contributed by atoms with Crippen molar-refractivity contribution in [2.45, 2.75) is 38.3 Å². The van der Waals surface area contributed by atoms with Gasteiger partial charge in [-0.1, -0.05) is 24.3 Å². The SMILES string of the molecule is CC1(C(=O)N2CCc3ccccc3C2)CCCN1. The molecule has 0 aromatic heterocycles. The molecule has 1 saturated heterocycles. The summed E-state index contributed by atoms with van der Waals surface area (Å²) < 4.78 is 0. The van der Waals surface area contributed by atoms with Crippen LogP contribution in [0, 0.1) is 0 Å². The molecule has 3 nitrogen and oxygen atoms in total. The summed E-state index contributed by atoms with van der Waals surface area (Å²) in [6.45, 7) is 4.63. The highest BCUT2D eigenvalue weighted by Crippen LogP contribution is 2.25. The lowest BCUT2D eigenvalue weighted by molar-refractivity contribution is -0.138. The van der Waals surface area contributed by atoms with Gasteiger partial charge in [-0.15, -0.1) is 0 Å². The molecular formula is C15H20N2O. The van der Waals surface area contributed by atoms with E-state index in [2.05, 4.69) is 29.6 Å². The molecule has 3 heteroatoms. The van der Waals surface area contributed by atoms with Crippen molar-refractivity contribution in [3.8, 4) is 0 Å². The summed E-state index contributed by atoms with van der Waals surface area (Å²) in [5.74, 6) is 0.273. The summed E-state index contributed by atoms with van der Waals surface area (Å²) in [5.41, 5.74) is 2.37. The van der Waals surface area contributed by atoms with Crippen molar-refractivity contribution in [1.29, 1.82) is 0 Å². The number of fused-ring (bicyclic) bond motifs is 1. The highest BCUT2D eigenvalue weighted by atomic mass is 16.2. The van der Waals surface area contributed by atoms with Gasteiger partial charge in [0.1, 0.15) is 0 Å². The third-order valence-electron chi connectivity index (χ3n) is 4.26. The van der Waals surface area contributed by atoms with E-state index in [1.807, 2.05) is 11.8 Å². The predicted octanol–water partition coefficient (Wildman–Crippen LogP) is 1.71. The molecule has 2 aliphatic heterocycles. The molecule has 0 bridgehead atoms. The summed E-state index contributed by atoms with van der Waals surface area (Å²) >= 11 is 0. The Morgan fingerprint density at radius 3 is 2.83 bits per heavy atom. The highest BCUT2D eigenvalue weighted by Gasteiger charge is 2.39. The molecule has 96 valence electrons. The number of nitrogens with zero attached hydrogens (tertiary/aromatic N) is 1. The van der Waals surface area contributed by atoms with E-state index in [9.17, 15) is 4.79 Å². The third kappa shape index (κ3) is 1.93. The molecule has 1 aromatic carbocycles. The van der Waals surface area contributed by atoms with Crippen LogP contribution in [0.25, 0.3) is 0 Å². The van der Waals surface area contributed by atoms with Crippen LogP contribution in [0.1, 0.15) is 30.9 Å². The van der Waals surface area contributed by atoms with Crippen LogP contribution >= 0.6 is 0 Å². The minimum Gasteiger partial charge on any atom is -0.336 e. The molecule has 3 rings (SSSR count). The Morgan fingerprint density at radius 1 is 1.33 bits per heavy atom. The number of amides is 1. The molecule has 0 saturated carbocycles. The summed E-state index contributed by atoms with van der Waals surface area (Å²) in [6.07, 6.45) is 3.05. The van der Waals surface area contributed by atoms with Gasteiger partial charge in [0, 0.05) is 13.1 Å². The smallest absolute Gasteiger partial charge is 0.242 e. The van der Waals surface area contributed by atoms with Crippen molar-refractivity contribution in [2.24, 2.45) is 0 Å². The zero-order valence-corrected chi connectivity index (χ0v) is 10.9. The molecule has 1 fully saturated rings. The van der Waals surface area contributed by atoms with Gasteiger partial charge in [0.25, 0.3) is 0 Å². The lowest BCUT2D eigenvalue weighted by atomic mass is 9.94. The molecule has 1 unspecified atom stereocenters. The molecule has 1 atom stereocenters. The zero-order valence-electron chi connectivity index (χ0n) is 10.9. The van der Waals surface area contributed by atoms with E-state index in [0.717, 1.165) is 38.9 Å². The van der Waals surface area contributed by atoms with E-state index in [0.29, 0.717) is 0 Å². The van der Waals surface area contributed by atoms with E-state index in [4.69, 9.17) is 0 Å². The van der Waals surface area contributed by atoms with Crippen molar-refractivity contribution in [2.75, 3.05) is 13.1 Å². The number of carbonyl (C=O) groups is 1. The summed E-state index contributed by atoms with van der Waals surface area (Å²) in [7, 11) is 0. The van der Waals surface area contributed by atoms with E-state index in [-0.39, 0.29) is 11.4 Å². The van der Waals surface area contributed by atoms with Gasteiger partial charge in [0.2, 0.25) is 5.91 Å². The van der Waals surface area contributed by atoms with Crippen molar-refractivity contribution in [3.05, 3.63) is 35.4 Å². The summed E-state index contributed by atoms with van der Waals surface area (Å²) in [5, 5.41) is 3.36. The second-order valence-electron chi connectivity index (χ2n) is 5.61. The van der Waals surface area contributed by atoms with Crippen LogP contribution in [0.2, 0.25) is 0 Å². The average molecular weight is 244 g/mol. The van der Waals surface area contributed by atoms with Crippen LogP contribution in [0.3, 0.4) is 0 Å². The maximum atomic E-state index is 12.6. The van der Waals surface area contributed by atoms with Gasteiger partial charge in [-0.05, 0) is 43.9 Å². The predicted molar refractivity (Wildman–Crippen MR) is 71.2 cm³/mol. The molecular weight excluding hydrogens is 224 g/mol. The van der Waals surface area contributed by atoms with Crippen LogP contribution in [0.4, 0.5) is 0 Å². The van der Waals surface area contributed by atoms with Gasteiger partial charge in [-0.2, -0.15) is 0 Å². The van der Waals surface area contributed by atoms with Gasteiger partial charge in [0.05, 0.1) is 5.54 Å². The standard InChI is InChI=1S/C15H20N2O/c1-15(8-4-9-16-15)14(18)17-10-7-12-5-2-3-6-13(12)11-17/h2-3,5-6,16H,4,7-11H2,1H3. The summed E-state index contributed by atoms with van der Waals surface area (Å²) in [4.78, 5) is 14.6. The first-order chi connectivity index (χ1) is 8.69. The number of benzene rings is 1. The fraction of sp³-hybridized carbons (Fsp3) is 0.533. The van der Waals surface area contributed by atoms with Crippen LogP contribution in [0.15, 0.2) is 24.3 Å². The maximum Gasteiger partial charge on any atom is 0.242 e. The molecule has 2 aliphatic rings. The van der Waals surface area contributed by atoms with Gasteiger partial charge in [0.15, 0.2) is 0 Å². The van der Waals surface area contributed by atoms with Gasteiger partial charge >= 0.3 is 0 Å². The van der Waals surface area contributed by atoms with E-state index in [1.165, 1.54) is 11.1 Å². The molecule has 18 heavy (non-hydrogen) atoms. The Kier molecular flexibility index (Phi) is 2.86. The number of hydrogen-bond donors (Lipinski definition) is 1. The molecule has 1 aromatic rings. The van der Waals surface area contributed by atoms with E-state index < -0.39 is 0 Å². The highest BCUT2D eigenvalue weighted by molar-refractivity contribution is 5.86. The van der Waals surface area contributed by atoms with Gasteiger partial charge < -0.3 is 10.2 Å². The first kappa shape index (κ1) is 11.7. The van der Waals surface area contributed by atoms with Gasteiger partial charge in [-0.3, -0.25) is 4.79 Å². The first-order valence-corrected chi connectivity index (χ1v) is 6.80. The first-order valence-electron chi connectivity index (χ1n) is 6.80. The second kappa shape index (κ2) is 4.39. The number of nitrogens with one attached hydrogen (secondary N) is 1. The average Bonchev–Trinajstić information content (AvgIpc) is 2.85. The van der Waals surface area contributed by atoms with Crippen LogP contribution in [-0.2, 0) is 17.8 Å². The normalized spacial score (nSPS) is 27.1. The molecule has 1 amide bonds. The molecule has 0 aliphatic carbocycles. The fourth-order valence-electron chi connectivity index (χ4n) is 3.10. The molecule has 1 N–H and O–H groups in total. The monoisotopic (exact) mass is 244 g/mol. The topological polar surface area (TPSA) is 32.3 Å².